The molecule has 1 aliphatic rings. The molecular weight excluding hydrogens is 248 g/mol. The summed E-state index contributed by atoms with van der Waals surface area (Å²) >= 11 is 6.06. The number of rotatable bonds is 4. The topological polar surface area (TPSA) is 24.5 Å². The Morgan fingerprint density at radius 2 is 2.11 bits per heavy atom. The minimum atomic E-state index is 0.648. The van der Waals surface area contributed by atoms with Gasteiger partial charge in [-0.25, -0.2) is 0 Å². The molecular formula is C14H21ClN2O. The van der Waals surface area contributed by atoms with Crippen molar-refractivity contribution >= 4 is 11.6 Å². The zero-order chi connectivity index (χ0) is 13.0. The fourth-order valence-corrected chi connectivity index (χ4v) is 2.71. The molecule has 0 aliphatic carbocycles. The molecule has 0 unspecified atom stereocenters. The lowest BCUT2D eigenvalue weighted by Crippen LogP contribution is -2.40. The van der Waals surface area contributed by atoms with Crippen LogP contribution in [0, 0.1) is 0 Å². The van der Waals surface area contributed by atoms with Gasteiger partial charge < -0.3 is 10.1 Å². The van der Waals surface area contributed by atoms with Gasteiger partial charge in [0.2, 0.25) is 0 Å². The maximum Gasteiger partial charge on any atom is 0.123 e. The van der Waals surface area contributed by atoms with Crippen LogP contribution in [0.3, 0.4) is 0 Å². The van der Waals surface area contributed by atoms with Crippen molar-refractivity contribution < 1.29 is 4.74 Å². The summed E-state index contributed by atoms with van der Waals surface area (Å²) in [6.45, 7) is 3.11. The number of nitrogens with one attached hydrogen (secondary N) is 1. The Balaban J connectivity index is 2.05. The zero-order valence-corrected chi connectivity index (χ0v) is 11.8. The second kappa shape index (κ2) is 6.41. The summed E-state index contributed by atoms with van der Waals surface area (Å²) in [5.74, 6) is 0.917. The predicted octanol–water partition coefficient (Wildman–Crippen LogP) is 2.53. The van der Waals surface area contributed by atoms with Crippen LogP contribution < -0.4 is 10.1 Å². The van der Waals surface area contributed by atoms with Crippen molar-refractivity contribution in [2.75, 3.05) is 27.2 Å². The molecule has 0 saturated carbocycles. The van der Waals surface area contributed by atoms with Gasteiger partial charge in [-0.1, -0.05) is 11.6 Å². The molecule has 1 fully saturated rings. The number of piperidine rings is 1. The van der Waals surface area contributed by atoms with Crippen molar-refractivity contribution in [1.29, 1.82) is 0 Å². The van der Waals surface area contributed by atoms with Crippen molar-refractivity contribution in [2.45, 2.75) is 25.4 Å². The Morgan fingerprint density at radius 1 is 1.39 bits per heavy atom. The number of nitrogens with zero attached hydrogens (tertiary/aromatic N) is 1. The third-order valence-corrected chi connectivity index (χ3v) is 3.83. The van der Waals surface area contributed by atoms with Gasteiger partial charge in [0.05, 0.1) is 7.11 Å². The second-order valence-corrected chi connectivity index (χ2v) is 5.29. The zero-order valence-electron chi connectivity index (χ0n) is 11.1. The largest absolute Gasteiger partial charge is 0.496 e. The number of methoxy groups -OCH3 is 1. The molecule has 0 aromatic heterocycles. The lowest BCUT2D eigenvalue weighted by atomic mass is 10.0. The molecule has 0 amide bonds. The van der Waals surface area contributed by atoms with Gasteiger partial charge >= 0.3 is 0 Å². The van der Waals surface area contributed by atoms with Gasteiger partial charge in [-0.05, 0) is 51.2 Å². The highest BCUT2D eigenvalue weighted by atomic mass is 35.5. The van der Waals surface area contributed by atoms with Gasteiger partial charge in [-0.15, -0.1) is 0 Å². The minimum absolute atomic E-state index is 0.648. The monoisotopic (exact) mass is 268 g/mol. The molecule has 1 aromatic rings. The van der Waals surface area contributed by atoms with E-state index in [1.54, 1.807) is 7.11 Å². The summed E-state index contributed by atoms with van der Waals surface area (Å²) in [5, 5.41) is 4.16. The van der Waals surface area contributed by atoms with Crippen molar-refractivity contribution in [2.24, 2.45) is 0 Å². The van der Waals surface area contributed by atoms with E-state index in [1.807, 2.05) is 18.2 Å². The van der Waals surface area contributed by atoms with E-state index in [9.17, 15) is 0 Å². The summed E-state index contributed by atoms with van der Waals surface area (Å²) in [4.78, 5) is 2.40. The Hall–Kier alpha value is -0.770. The van der Waals surface area contributed by atoms with Crippen molar-refractivity contribution in [3.63, 3.8) is 0 Å². The first-order valence-corrected chi connectivity index (χ1v) is 6.82. The molecule has 1 saturated heterocycles. The molecule has 1 aliphatic heterocycles. The van der Waals surface area contributed by atoms with E-state index in [-0.39, 0.29) is 0 Å². The van der Waals surface area contributed by atoms with E-state index in [1.165, 1.54) is 12.8 Å². The van der Waals surface area contributed by atoms with E-state index in [0.717, 1.165) is 36.0 Å². The van der Waals surface area contributed by atoms with Gasteiger partial charge in [-0.3, -0.25) is 4.90 Å². The third kappa shape index (κ3) is 3.37. The highest BCUT2D eigenvalue weighted by Crippen LogP contribution is 2.25. The van der Waals surface area contributed by atoms with E-state index in [0.29, 0.717) is 6.04 Å². The third-order valence-electron chi connectivity index (χ3n) is 3.59. The fraction of sp³-hybridized carbons (Fsp3) is 0.571. The SMILES string of the molecule is COc1ccc(Cl)cc1CN(C)C1CCNCC1. The fourth-order valence-electron chi connectivity index (χ4n) is 2.52. The maximum atomic E-state index is 6.06. The van der Waals surface area contributed by atoms with E-state index >= 15 is 0 Å². The molecule has 18 heavy (non-hydrogen) atoms. The second-order valence-electron chi connectivity index (χ2n) is 4.85. The van der Waals surface area contributed by atoms with E-state index in [2.05, 4.69) is 17.3 Å². The van der Waals surface area contributed by atoms with Crippen molar-refractivity contribution in [3.05, 3.63) is 28.8 Å². The lowest BCUT2D eigenvalue weighted by molar-refractivity contribution is 0.190. The first kappa shape index (κ1) is 13.7. The lowest BCUT2D eigenvalue weighted by Gasteiger charge is -2.32. The van der Waals surface area contributed by atoms with Gasteiger partial charge in [0, 0.05) is 23.2 Å². The quantitative estimate of drug-likeness (QED) is 0.908. The van der Waals surface area contributed by atoms with Crippen LogP contribution in [0.15, 0.2) is 18.2 Å². The van der Waals surface area contributed by atoms with Crippen LogP contribution in [-0.4, -0.2) is 38.2 Å². The van der Waals surface area contributed by atoms with Crippen LogP contribution in [-0.2, 0) is 6.54 Å². The van der Waals surface area contributed by atoms with E-state index in [4.69, 9.17) is 16.3 Å². The summed E-state index contributed by atoms with van der Waals surface area (Å²) in [5.41, 5.74) is 1.16. The first-order chi connectivity index (χ1) is 8.70. The van der Waals surface area contributed by atoms with Gasteiger partial charge in [0.1, 0.15) is 5.75 Å². The molecule has 1 aromatic carbocycles. The molecule has 100 valence electrons. The first-order valence-electron chi connectivity index (χ1n) is 6.44. The number of benzene rings is 1. The van der Waals surface area contributed by atoms with Crippen LogP contribution >= 0.6 is 11.6 Å². The van der Waals surface area contributed by atoms with Gasteiger partial charge in [0.15, 0.2) is 0 Å². The van der Waals surface area contributed by atoms with Crippen LogP contribution in [0.2, 0.25) is 5.02 Å². The molecule has 0 atom stereocenters. The smallest absolute Gasteiger partial charge is 0.123 e. The Labute approximate surface area is 114 Å². The Kier molecular flexibility index (Phi) is 4.87. The molecule has 0 radical (unpaired) electrons. The average molecular weight is 269 g/mol. The van der Waals surface area contributed by atoms with E-state index < -0.39 is 0 Å². The highest BCUT2D eigenvalue weighted by molar-refractivity contribution is 6.30. The molecule has 3 nitrogen and oxygen atoms in total. The number of ether oxygens (including phenoxy) is 1. The summed E-state index contributed by atoms with van der Waals surface area (Å²) in [6.07, 6.45) is 2.42. The molecule has 2 rings (SSSR count). The molecule has 1 heterocycles. The predicted molar refractivity (Wildman–Crippen MR) is 75.4 cm³/mol. The summed E-state index contributed by atoms with van der Waals surface area (Å²) in [7, 11) is 3.88. The number of hydrogen-bond donors (Lipinski definition) is 1. The Bertz CT molecular complexity index is 391. The molecule has 1 N–H and O–H groups in total. The van der Waals surface area contributed by atoms with Gasteiger partial charge in [0.25, 0.3) is 0 Å². The molecule has 0 spiro atoms. The standard InChI is InChI=1S/C14H21ClN2O/c1-17(13-5-7-16-8-6-13)10-11-9-12(15)3-4-14(11)18-2/h3-4,9,13,16H,5-8,10H2,1-2H3. The van der Waals surface area contributed by atoms with Crippen molar-refractivity contribution in [1.82, 2.24) is 10.2 Å². The number of halogens is 1. The normalized spacial score (nSPS) is 17.1. The highest BCUT2D eigenvalue weighted by Gasteiger charge is 2.18. The van der Waals surface area contributed by atoms with Crippen molar-refractivity contribution in [3.8, 4) is 5.75 Å². The van der Waals surface area contributed by atoms with Crippen LogP contribution in [0.4, 0.5) is 0 Å². The van der Waals surface area contributed by atoms with Crippen LogP contribution in [0.5, 0.6) is 5.75 Å². The van der Waals surface area contributed by atoms with Crippen LogP contribution in [0.1, 0.15) is 18.4 Å². The van der Waals surface area contributed by atoms with Crippen LogP contribution in [0.25, 0.3) is 0 Å². The average Bonchev–Trinajstić information content (AvgIpc) is 2.40. The molecule has 4 heteroatoms. The summed E-state index contributed by atoms with van der Waals surface area (Å²) < 4.78 is 5.39. The maximum absolute atomic E-state index is 6.06. The number of hydrogen-bond acceptors (Lipinski definition) is 3. The summed E-state index contributed by atoms with van der Waals surface area (Å²) in [6, 6.07) is 6.45. The molecule has 0 bridgehead atoms. The Morgan fingerprint density at radius 3 is 2.78 bits per heavy atom. The minimum Gasteiger partial charge on any atom is -0.496 e. The van der Waals surface area contributed by atoms with Gasteiger partial charge in [-0.2, -0.15) is 0 Å².